The maximum atomic E-state index is 8.87. The van der Waals surface area contributed by atoms with Crippen LogP contribution in [0.15, 0.2) is 12.4 Å². The highest BCUT2D eigenvalue weighted by Crippen LogP contribution is 2.23. The topological polar surface area (TPSA) is 58.0 Å². The summed E-state index contributed by atoms with van der Waals surface area (Å²) >= 11 is 0. The van der Waals surface area contributed by atoms with Gasteiger partial charge < -0.3 is 10.4 Å². The molecule has 1 aromatic heterocycles. The van der Waals surface area contributed by atoms with Crippen molar-refractivity contribution >= 4 is 5.82 Å². The summed E-state index contributed by atoms with van der Waals surface area (Å²) in [6.45, 7) is 9.74. The lowest BCUT2D eigenvalue weighted by atomic mass is 9.88. The van der Waals surface area contributed by atoms with Crippen molar-refractivity contribution in [1.82, 2.24) is 9.97 Å². The number of anilines is 1. The van der Waals surface area contributed by atoms with Crippen LogP contribution in [0.5, 0.6) is 0 Å². The molecule has 0 amide bonds. The van der Waals surface area contributed by atoms with Gasteiger partial charge in [-0.05, 0) is 24.2 Å². The Hall–Kier alpha value is -1.16. The van der Waals surface area contributed by atoms with Crippen LogP contribution in [-0.4, -0.2) is 28.2 Å². The maximum absolute atomic E-state index is 8.87. The molecule has 0 aliphatic carbocycles. The minimum absolute atomic E-state index is 0.158. The van der Waals surface area contributed by atoms with E-state index in [1.54, 1.807) is 6.33 Å². The molecule has 2 N–H and O–H groups in total. The van der Waals surface area contributed by atoms with Gasteiger partial charge in [-0.15, -0.1) is 0 Å². The second-order valence-corrected chi connectivity index (χ2v) is 5.83. The number of aliphatic hydroxyl groups excluding tert-OH is 1. The molecule has 0 aromatic carbocycles. The van der Waals surface area contributed by atoms with Crippen molar-refractivity contribution in [3.63, 3.8) is 0 Å². The molecule has 0 aliphatic rings. The molecule has 1 aromatic rings. The lowest BCUT2D eigenvalue weighted by Gasteiger charge is -2.25. The lowest BCUT2D eigenvalue weighted by molar-refractivity contribution is 0.248. The van der Waals surface area contributed by atoms with E-state index in [-0.39, 0.29) is 12.0 Å². The van der Waals surface area contributed by atoms with Crippen molar-refractivity contribution in [1.29, 1.82) is 0 Å². The van der Waals surface area contributed by atoms with E-state index in [0.717, 1.165) is 30.9 Å². The number of nitrogens with zero attached hydrogens (tertiary/aromatic N) is 2. The Morgan fingerprint density at radius 1 is 1.33 bits per heavy atom. The summed E-state index contributed by atoms with van der Waals surface area (Å²) in [4.78, 5) is 8.48. The number of hydrogen-bond acceptors (Lipinski definition) is 4. The van der Waals surface area contributed by atoms with E-state index in [9.17, 15) is 0 Å². The molecule has 0 spiro atoms. The van der Waals surface area contributed by atoms with Gasteiger partial charge in [0.15, 0.2) is 0 Å². The number of aromatic nitrogens is 2. The van der Waals surface area contributed by atoms with Crippen LogP contribution < -0.4 is 5.32 Å². The van der Waals surface area contributed by atoms with E-state index in [1.807, 2.05) is 6.07 Å². The highest BCUT2D eigenvalue weighted by atomic mass is 16.2. The normalized spacial score (nSPS) is 11.9. The van der Waals surface area contributed by atoms with Crippen LogP contribution in [0.25, 0.3) is 0 Å². The third-order valence-corrected chi connectivity index (χ3v) is 3.04. The van der Waals surface area contributed by atoms with Gasteiger partial charge in [0.05, 0.1) is 0 Å². The highest BCUT2D eigenvalue weighted by Gasteiger charge is 2.17. The summed E-state index contributed by atoms with van der Waals surface area (Å²) in [5.74, 6) is 1.29. The average molecular weight is 251 g/mol. The third-order valence-electron chi connectivity index (χ3n) is 3.04. The first-order valence-corrected chi connectivity index (χ1v) is 6.61. The molecule has 18 heavy (non-hydrogen) atoms. The van der Waals surface area contributed by atoms with Crippen LogP contribution in [-0.2, 0) is 0 Å². The van der Waals surface area contributed by atoms with E-state index < -0.39 is 0 Å². The van der Waals surface area contributed by atoms with Gasteiger partial charge in [0.1, 0.15) is 12.1 Å². The Bertz CT molecular complexity index is 364. The third kappa shape index (κ3) is 5.00. The zero-order chi connectivity index (χ0) is 13.6. The fourth-order valence-electron chi connectivity index (χ4n) is 1.76. The predicted molar refractivity (Wildman–Crippen MR) is 74.7 cm³/mol. The SMILES string of the molecule is CC(C)c1cc(NCC(C)(C)CCCO)ncn1. The Labute approximate surface area is 110 Å². The summed E-state index contributed by atoms with van der Waals surface area (Å²) in [5, 5.41) is 12.2. The molecule has 0 aliphatic heterocycles. The van der Waals surface area contributed by atoms with Crippen molar-refractivity contribution in [2.24, 2.45) is 5.41 Å². The fourth-order valence-corrected chi connectivity index (χ4v) is 1.76. The summed E-state index contributed by atoms with van der Waals surface area (Å²) in [5.41, 5.74) is 1.21. The Morgan fingerprint density at radius 3 is 2.67 bits per heavy atom. The number of nitrogens with one attached hydrogen (secondary N) is 1. The van der Waals surface area contributed by atoms with Gasteiger partial charge >= 0.3 is 0 Å². The molecular formula is C14H25N3O. The van der Waals surface area contributed by atoms with Gasteiger partial charge in [0.2, 0.25) is 0 Å². The van der Waals surface area contributed by atoms with Gasteiger partial charge in [-0.2, -0.15) is 0 Å². The quantitative estimate of drug-likeness (QED) is 0.782. The van der Waals surface area contributed by atoms with Crippen molar-refractivity contribution in [2.75, 3.05) is 18.5 Å². The Kier molecular flexibility index (Phi) is 5.54. The van der Waals surface area contributed by atoms with Gasteiger partial charge in [-0.25, -0.2) is 9.97 Å². The number of aliphatic hydroxyl groups is 1. The molecule has 0 radical (unpaired) electrons. The summed E-state index contributed by atoms with van der Waals surface area (Å²) in [6.07, 6.45) is 3.45. The second-order valence-electron chi connectivity index (χ2n) is 5.83. The molecule has 0 saturated carbocycles. The molecule has 1 heterocycles. The first kappa shape index (κ1) is 14.9. The van der Waals surface area contributed by atoms with Crippen molar-refractivity contribution in [3.05, 3.63) is 18.1 Å². The molecule has 0 fully saturated rings. The highest BCUT2D eigenvalue weighted by molar-refractivity contribution is 5.35. The Balaban J connectivity index is 2.55. The molecule has 0 bridgehead atoms. The van der Waals surface area contributed by atoms with Crippen molar-refractivity contribution < 1.29 is 5.11 Å². The minimum atomic E-state index is 0.158. The molecule has 0 atom stereocenters. The average Bonchev–Trinajstić information content (AvgIpc) is 2.34. The molecule has 1 rings (SSSR count). The zero-order valence-corrected chi connectivity index (χ0v) is 11.9. The van der Waals surface area contributed by atoms with E-state index in [1.165, 1.54) is 0 Å². The van der Waals surface area contributed by atoms with Crippen LogP contribution in [0, 0.1) is 5.41 Å². The van der Waals surface area contributed by atoms with Crippen LogP contribution >= 0.6 is 0 Å². The number of hydrogen-bond donors (Lipinski definition) is 2. The van der Waals surface area contributed by atoms with E-state index in [4.69, 9.17) is 5.11 Å². The molecule has 0 unspecified atom stereocenters. The minimum Gasteiger partial charge on any atom is -0.396 e. The van der Waals surface area contributed by atoms with Crippen LogP contribution in [0.2, 0.25) is 0 Å². The monoisotopic (exact) mass is 251 g/mol. The predicted octanol–water partition coefficient (Wildman–Crippen LogP) is 2.81. The maximum Gasteiger partial charge on any atom is 0.129 e. The molecular weight excluding hydrogens is 226 g/mol. The van der Waals surface area contributed by atoms with E-state index in [2.05, 4.69) is 43.0 Å². The second kappa shape index (κ2) is 6.69. The van der Waals surface area contributed by atoms with Crippen molar-refractivity contribution in [3.8, 4) is 0 Å². The van der Waals surface area contributed by atoms with Crippen molar-refractivity contribution in [2.45, 2.75) is 46.5 Å². The van der Waals surface area contributed by atoms with E-state index in [0.29, 0.717) is 5.92 Å². The summed E-state index contributed by atoms with van der Waals surface area (Å²) in [7, 11) is 0. The first-order valence-electron chi connectivity index (χ1n) is 6.61. The molecule has 0 saturated heterocycles. The van der Waals surface area contributed by atoms with Gasteiger partial charge in [-0.3, -0.25) is 0 Å². The standard InChI is InChI=1S/C14H25N3O/c1-11(2)12-8-13(17-10-16-12)15-9-14(3,4)6-5-7-18/h8,10-11,18H,5-7,9H2,1-4H3,(H,15,16,17). The van der Waals surface area contributed by atoms with Gasteiger partial charge in [0.25, 0.3) is 0 Å². The smallest absolute Gasteiger partial charge is 0.129 e. The molecule has 102 valence electrons. The van der Waals surface area contributed by atoms with Gasteiger partial charge in [0, 0.05) is 24.9 Å². The van der Waals surface area contributed by atoms with Crippen LogP contribution in [0.4, 0.5) is 5.82 Å². The first-order chi connectivity index (χ1) is 8.44. The Morgan fingerprint density at radius 2 is 2.06 bits per heavy atom. The summed E-state index contributed by atoms with van der Waals surface area (Å²) in [6, 6.07) is 2.01. The zero-order valence-electron chi connectivity index (χ0n) is 11.9. The van der Waals surface area contributed by atoms with E-state index >= 15 is 0 Å². The lowest BCUT2D eigenvalue weighted by Crippen LogP contribution is -2.24. The largest absolute Gasteiger partial charge is 0.396 e. The molecule has 4 heteroatoms. The number of rotatable bonds is 7. The van der Waals surface area contributed by atoms with Gasteiger partial charge in [-0.1, -0.05) is 27.7 Å². The molecule has 4 nitrogen and oxygen atoms in total. The van der Waals surface area contributed by atoms with Crippen LogP contribution in [0.3, 0.4) is 0 Å². The van der Waals surface area contributed by atoms with Crippen LogP contribution in [0.1, 0.15) is 52.1 Å². The summed E-state index contributed by atoms with van der Waals surface area (Å²) < 4.78 is 0. The fraction of sp³-hybridized carbons (Fsp3) is 0.714.